The molecule has 0 spiro atoms. The molecule has 1 fully saturated rings. The summed E-state index contributed by atoms with van der Waals surface area (Å²) in [5.41, 5.74) is 3.17. The Balaban J connectivity index is 1.41. The van der Waals surface area contributed by atoms with Gasteiger partial charge in [-0.2, -0.15) is 0 Å². The molecule has 0 saturated carbocycles. The monoisotopic (exact) mass is 364 g/mol. The van der Waals surface area contributed by atoms with Crippen molar-refractivity contribution in [3.63, 3.8) is 0 Å². The maximum atomic E-state index is 12.8. The van der Waals surface area contributed by atoms with Gasteiger partial charge < -0.3 is 4.90 Å². The van der Waals surface area contributed by atoms with Crippen molar-refractivity contribution in [3.05, 3.63) is 64.7 Å². The van der Waals surface area contributed by atoms with Crippen molar-refractivity contribution in [2.75, 3.05) is 13.1 Å². The summed E-state index contributed by atoms with van der Waals surface area (Å²) in [5.74, 6) is 1.12. The van der Waals surface area contributed by atoms with Crippen molar-refractivity contribution in [2.45, 2.75) is 38.5 Å². The van der Waals surface area contributed by atoms with Crippen LogP contribution in [0.1, 0.15) is 59.5 Å². The Labute approximate surface area is 158 Å². The topological polar surface area (TPSA) is 33.2 Å². The third-order valence-electron chi connectivity index (χ3n) is 5.27. The minimum absolute atomic E-state index is 0.156. The molecule has 0 radical (unpaired) electrons. The standard InChI is InChI=1S/C22H24N2OS/c1-15(2)16-7-9-18(10-8-16)22(25)24-13-11-17(12-14-24)21-23-19-5-3-4-6-20(19)26-21/h3-10,15,17H,11-14H2,1-2H3. The molecule has 0 unspecified atom stereocenters. The highest BCUT2D eigenvalue weighted by molar-refractivity contribution is 7.18. The molecule has 0 aliphatic carbocycles. The summed E-state index contributed by atoms with van der Waals surface area (Å²) < 4.78 is 1.26. The number of para-hydroxylation sites is 1. The van der Waals surface area contributed by atoms with Crippen LogP contribution in [0, 0.1) is 0 Å². The van der Waals surface area contributed by atoms with Crippen molar-refractivity contribution in [1.82, 2.24) is 9.88 Å². The molecule has 1 saturated heterocycles. The minimum Gasteiger partial charge on any atom is -0.339 e. The van der Waals surface area contributed by atoms with Crippen molar-refractivity contribution in [3.8, 4) is 0 Å². The lowest BCUT2D eigenvalue weighted by Crippen LogP contribution is -2.37. The predicted octanol–water partition coefficient (Wildman–Crippen LogP) is 5.44. The smallest absolute Gasteiger partial charge is 0.253 e. The fourth-order valence-electron chi connectivity index (χ4n) is 3.59. The number of rotatable bonds is 3. The molecule has 26 heavy (non-hydrogen) atoms. The van der Waals surface area contributed by atoms with E-state index in [1.165, 1.54) is 15.3 Å². The summed E-state index contributed by atoms with van der Waals surface area (Å²) in [7, 11) is 0. The van der Waals surface area contributed by atoms with Gasteiger partial charge in [0.1, 0.15) is 0 Å². The Bertz CT molecular complexity index is 872. The van der Waals surface area contributed by atoms with Crippen LogP contribution in [-0.4, -0.2) is 28.9 Å². The van der Waals surface area contributed by atoms with Crippen LogP contribution in [0.5, 0.6) is 0 Å². The van der Waals surface area contributed by atoms with Gasteiger partial charge in [-0.25, -0.2) is 4.98 Å². The average Bonchev–Trinajstić information content (AvgIpc) is 3.12. The molecule has 1 amide bonds. The Morgan fingerprint density at radius 1 is 1.08 bits per heavy atom. The highest BCUT2D eigenvalue weighted by Gasteiger charge is 2.26. The van der Waals surface area contributed by atoms with E-state index < -0.39 is 0 Å². The molecule has 3 aromatic rings. The molecular weight excluding hydrogens is 340 g/mol. The lowest BCUT2D eigenvalue weighted by Gasteiger charge is -2.31. The molecule has 0 atom stereocenters. The summed E-state index contributed by atoms with van der Waals surface area (Å²) in [6.45, 7) is 5.96. The van der Waals surface area contributed by atoms with E-state index in [4.69, 9.17) is 4.98 Å². The van der Waals surface area contributed by atoms with Crippen molar-refractivity contribution in [2.24, 2.45) is 0 Å². The molecule has 0 bridgehead atoms. The van der Waals surface area contributed by atoms with Crippen LogP contribution in [0.25, 0.3) is 10.2 Å². The molecule has 2 heterocycles. The summed E-state index contributed by atoms with van der Waals surface area (Å²) in [4.78, 5) is 19.6. The first kappa shape index (κ1) is 17.2. The lowest BCUT2D eigenvalue weighted by atomic mass is 9.96. The second-order valence-corrected chi connectivity index (χ2v) is 8.43. The van der Waals surface area contributed by atoms with Crippen molar-refractivity contribution in [1.29, 1.82) is 0 Å². The van der Waals surface area contributed by atoms with Gasteiger partial charge in [-0.1, -0.05) is 38.1 Å². The van der Waals surface area contributed by atoms with Crippen LogP contribution < -0.4 is 0 Å². The molecule has 4 heteroatoms. The maximum Gasteiger partial charge on any atom is 0.253 e. The normalized spacial score (nSPS) is 15.7. The number of amides is 1. The molecule has 134 valence electrons. The van der Waals surface area contributed by atoms with Crippen LogP contribution in [-0.2, 0) is 0 Å². The van der Waals surface area contributed by atoms with Gasteiger partial charge in [-0.15, -0.1) is 11.3 Å². The fourth-order valence-corrected chi connectivity index (χ4v) is 4.72. The van der Waals surface area contributed by atoms with Crippen LogP contribution >= 0.6 is 11.3 Å². The number of hydrogen-bond acceptors (Lipinski definition) is 3. The maximum absolute atomic E-state index is 12.8. The highest BCUT2D eigenvalue weighted by Crippen LogP contribution is 2.34. The van der Waals surface area contributed by atoms with Gasteiger partial charge in [0.05, 0.1) is 15.2 Å². The first-order chi connectivity index (χ1) is 12.6. The molecule has 0 N–H and O–H groups in total. The second kappa shape index (κ2) is 7.20. The van der Waals surface area contributed by atoms with Crippen molar-refractivity contribution < 1.29 is 4.79 Å². The van der Waals surface area contributed by atoms with E-state index in [2.05, 4.69) is 44.2 Å². The lowest BCUT2D eigenvalue weighted by molar-refractivity contribution is 0.0713. The Hall–Kier alpha value is -2.20. The highest BCUT2D eigenvalue weighted by atomic mass is 32.1. The molecule has 1 aliphatic heterocycles. The predicted molar refractivity (Wildman–Crippen MR) is 108 cm³/mol. The summed E-state index contributed by atoms with van der Waals surface area (Å²) in [6.07, 6.45) is 1.99. The molecule has 1 aliphatic rings. The Morgan fingerprint density at radius 3 is 2.42 bits per heavy atom. The van der Waals surface area contributed by atoms with E-state index in [1.807, 2.05) is 23.1 Å². The van der Waals surface area contributed by atoms with E-state index in [1.54, 1.807) is 11.3 Å². The van der Waals surface area contributed by atoms with E-state index in [9.17, 15) is 4.79 Å². The van der Waals surface area contributed by atoms with E-state index in [-0.39, 0.29) is 5.91 Å². The van der Waals surface area contributed by atoms with Gasteiger partial charge in [0.25, 0.3) is 5.91 Å². The number of fused-ring (bicyclic) bond motifs is 1. The number of nitrogens with zero attached hydrogens (tertiary/aromatic N) is 2. The third kappa shape index (κ3) is 3.38. The molecule has 4 rings (SSSR count). The fraction of sp³-hybridized carbons (Fsp3) is 0.364. The summed E-state index contributed by atoms with van der Waals surface area (Å²) in [5, 5.41) is 1.22. The second-order valence-electron chi connectivity index (χ2n) is 7.36. The Kier molecular flexibility index (Phi) is 4.77. The quantitative estimate of drug-likeness (QED) is 0.620. The first-order valence-corrected chi connectivity index (χ1v) is 10.2. The van der Waals surface area contributed by atoms with Gasteiger partial charge in [-0.3, -0.25) is 4.79 Å². The number of carbonyl (C=O) groups excluding carboxylic acids is 1. The van der Waals surface area contributed by atoms with Gasteiger partial charge in [0.15, 0.2) is 0 Å². The number of aromatic nitrogens is 1. The average molecular weight is 365 g/mol. The van der Waals surface area contributed by atoms with Crippen molar-refractivity contribution >= 4 is 27.5 Å². The number of likely N-dealkylation sites (tertiary alicyclic amines) is 1. The zero-order chi connectivity index (χ0) is 18.1. The molecular formula is C22H24N2OS. The van der Waals surface area contributed by atoms with Crippen LogP contribution in [0.4, 0.5) is 0 Å². The first-order valence-electron chi connectivity index (χ1n) is 9.36. The number of hydrogen-bond donors (Lipinski definition) is 0. The van der Waals surface area contributed by atoms with Gasteiger partial charge >= 0.3 is 0 Å². The SMILES string of the molecule is CC(C)c1ccc(C(=O)N2CCC(c3nc4ccccc4s3)CC2)cc1. The van der Waals surface area contributed by atoms with Crippen LogP contribution in [0.15, 0.2) is 48.5 Å². The molecule has 2 aromatic carbocycles. The number of piperidine rings is 1. The Morgan fingerprint density at radius 2 is 1.77 bits per heavy atom. The number of carbonyl (C=O) groups is 1. The summed E-state index contributed by atoms with van der Waals surface area (Å²) in [6, 6.07) is 16.4. The largest absolute Gasteiger partial charge is 0.339 e. The summed E-state index contributed by atoms with van der Waals surface area (Å²) >= 11 is 1.80. The van der Waals surface area contributed by atoms with Gasteiger partial charge in [0.2, 0.25) is 0 Å². The third-order valence-corrected chi connectivity index (χ3v) is 6.47. The van der Waals surface area contributed by atoms with Crippen LogP contribution in [0.2, 0.25) is 0 Å². The van der Waals surface area contributed by atoms with E-state index in [0.29, 0.717) is 11.8 Å². The van der Waals surface area contributed by atoms with Gasteiger partial charge in [0, 0.05) is 24.6 Å². The number of thiazole rings is 1. The van der Waals surface area contributed by atoms with Crippen LogP contribution in [0.3, 0.4) is 0 Å². The molecule has 3 nitrogen and oxygen atoms in total. The molecule has 1 aromatic heterocycles. The number of benzene rings is 2. The van der Waals surface area contributed by atoms with E-state index >= 15 is 0 Å². The zero-order valence-corrected chi connectivity index (χ0v) is 16.1. The van der Waals surface area contributed by atoms with E-state index in [0.717, 1.165) is 37.0 Å². The zero-order valence-electron chi connectivity index (χ0n) is 15.3. The van der Waals surface area contributed by atoms with Gasteiger partial charge in [-0.05, 0) is 48.6 Å². The minimum atomic E-state index is 0.156.